The van der Waals surface area contributed by atoms with Gasteiger partial charge in [-0.2, -0.15) is 0 Å². The van der Waals surface area contributed by atoms with E-state index in [0.717, 1.165) is 72.8 Å². The largest absolute Gasteiger partial charge is 0.474 e. The molecule has 0 spiro atoms. The van der Waals surface area contributed by atoms with Crippen molar-refractivity contribution in [2.24, 2.45) is 0 Å². The Kier molecular flexibility index (Phi) is 11.4. The molecule has 5 aliphatic heterocycles. The third kappa shape index (κ3) is 8.99. The molecule has 3 fully saturated rings. The van der Waals surface area contributed by atoms with Crippen LogP contribution < -0.4 is 30.1 Å². The molecule has 330 valence electrons. The van der Waals surface area contributed by atoms with E-state index in [0.29, 0.717) is 80.3 Å². The number of halogens is 1. The molecule has 2 aromatic heterocycles. The third-order valence-corrected chi connectivity index (χ3v) is 12.7. The summed E-state index contributed by atoms with van der Waals surface area (Å²) in [6, 6.07) is 15.3. The molecule has 15 nitrogen and oxygen atoms in total. The lowest BCUT2D eigenvalue weighted by molar-refractivity contribution is -0.134. The predicted molar refractivity (Wildman–Crippen MR) is 236 cm³/mol. The van der Waals surface area contributed by atoms with Crippen LogP contribution in [0.2, 0.25) is 0 Å². The van der Waals surface area contributed by atoms with E-state index in [-0.39, 0.29) is 30.1 Å². The lowest BCUT2D eigenvalue weighted by atomic mass is 9.90. The van der Waals surface area contributed by atoms with Crippen LogP contribution in [0.3, 0.4) is 0 Å². The highest BCUT2D eigenvalue weighted by Crippen LogP contribution is 2.40. The van der Waals surface area contributed by atoms with Crippen molar-refractivity contribution in [1.82, 2.24) is 25.1 Å². The van der Waals surface area contributed by atoms with Crippen LogP contribution >= 0.6 is 0 Å². The van der Waals surface area contributed by atoms with Gasteiger partial charge >= 0.3 is 6.09 Å². The van der Waals surface area contributed by atoms with Gasteiger partial charge in [-0.3, -0.25) is 29.5 Å². The summed E-state index contributed by atoms with van der Waals surface area (Å²) in [5.74, 6) is -0.267. The first-order valence-corrected chi connectivity index (χ1v) is 21.9. The Hall–Kier alpha value is -6.29. The molecule has 1 unspecified atom stereocenters. The number of anilines is 5. The Balaban J connectivity index is 0.761. The number of nitrogens with one attached hydrogen (secondary N) is 2. The molecule has 0 aliphatic carbocycles. The van der Waals surface area contributed by atoms with E-state index >= 15 is 4.39 Å². The van der Waals surface area contributed by atoms with Gasteiger partial charge in [-0.25, -0.2) is 19.2 Å². The summed E-state index contributed by atoms with van der Waals surface area (Å²) in [5, 5.41) is 5.69. The second kappa shape index (κ2) is 17.1. The highest BCUT2D eigenvalue weighted by Gasteiger charge is 2.36. The van der Waals surface area contributed by atoms with Crippen LogP contribution in [0.15, 0.2) is 60.9 Å². The van der Waals surface area contributed by atoms with E-state index in [2.05, 4.69) is 35.3 Å². The molecule has 4 aromatic rings. The van der Waals surface area contributed by atoms with Gasteiger partial charge in [-0.1, -0.05) is 18.2 Å². The normalized spacial score (nSPS) is 19.4. The first-order valence-electron chi connectivity index (χ1n) is 21.9. The van der Waals surface area contributed by atoms with Gasteiger partial charge in [0.25, 0.3) is 0 Å². The second-order valence-electron chi connectivity index (χ2n) is 18.1. The molecular weight excluding hydrogens is 806 g/mol. The van der Waals surface area contributed by atoms with Crippen LogP contribution in [0, 0.1) is 12.7 Å². The SMILES string of the molecule is Cc1c(N2CCc3cnc(Nc4ccc(CC(=O)N5CCN(C6CN(c7ccc(C8CCC(=O)NC8=O)cc7)C6)CC5)c(F)c4)cc3C2)cnc2c1N(C(=O)OC(C)(C)C)CCO2. The predicted octanol–water partition coefficient (Wildman–Crippen LogP) is 5.46. The van der Waals surface area contributed by atoms with Crippen molar-refractivity contribution in [3.63, 3.8) is 0 Å². The number of aromatic nitrogens is 2. The average molecular weight is 860 g/mol. The number of imide groups is 1. The second-order valence-corrected chi connectivity index (χ2v) is 18.1. The van der Waals surface area contributed by atoms with Gasteiger partial charge in [0.05, 0.1) is 30.8 Å². The molecule has 0 bridgehead atoms. The molecule has 0 saturated carbocycles. The first-order chi connectivity index (χ1) is 30.3. The minimum atomic E-state index is -0.641. The fourth-order valence-electron chi connectivity index (χ4n) is 9.21. The Labute approximate surface area is 366 Å². The zero-order valence-corrected chi connectivity index (χ0v) is 36.3. The molecule has 16 heteroatoms. The van der Waals surface area contributed by atoms with Crippen LogP contribution in [-0.2, 0) is 38.5 Å². The van der Waals surface area contributed by atoms with Gasteiger partial charge in [-0.05, 0) is 93.1 Å². The van der Waals surface area contributed by atoms with Crippen molar-refractivity contribution in [3.8, 4) is 5.88 Å². The van der Waals surface area contributed by atoms with E-state index in [1.165, 1.54) is 6.07 Å². The molecule has 0 radical (unpaired) electrons. The Morgan fingerprint density at radius 3 is 2.43 bits per heavy atom. The minimum absolute atomic E-state index is 0.0102. The number of nitrogens with zero attached hydrogens (tertiary/aromatic N) is 7. The summed E-state index contributed by atoms with van der Waals surface area (Å²) in [7, 11) is 0. The summed E-state index contributed by atoms with van der Waals surface area (Å²) in [6.45, 7) is 14.0. The van der Waals surface area contributed by atoms with E-state index in [1.54, 1.807) is 23.2 Å². The number of amides is 4. The standard InChI is InChI=1S/C47H54FN9O6/c1-29-39(25-50-45-43(29)57(19-20-62-45)46(61)63-47(2,3)4)55-14-13-32-24-49-40(21-33(32)26-55)51-34-8-5-31(38(48)23-34)22-42(59)54-17-15-53(16-18-54)36-27-56(28-36)35-9-6-30(7-10-35)37-11-12-41(58)52-44(37)60/h5-10,21,23-25,36-37H,11-20,22,26-28H2,1-4H3,(H,49,51)(H,52,58,60). The van der Waals surface area contributed by atoms with Gasteiger partial charge in [-0.15, -0.1) is 0 Å². The molecule has 1 atom stereocenters. The van der Waals surface area contributed by atoms with Crippen molar-refractivity contribution in [1.29, 1.82) is 0 Å². The molecule has 9 rings (SSSR count). The molecule has 4 amide bonds. The van der Waals surface area contributed by atoms with E-state index in [9.17, 15) is 19.2 Å². The molecule has 3 saturated heterocycles. The van der Waals surface area contributed by atoms with E-state index in [1.807, 2.05) is 69.1 Å². The first kappa shape index (κ1) is 42.0. The zero-order chi connectivity index (χ0) is 44.0. The van der Waals surface area contributed by atoms with Gasteiger partial charge < -0.3 is 29.5 Å². The van der Waals surface area contributed by atoms with Crippen molar-refractivity contribution < 1.29 is 33.0 Å². The number of pyridine rings is 2. The molecule has 7 heterocycles. The van der Waals surface area contributed by atoms with Crippen molar-refractivity contribution >= 4 is 52.4 Å². The lowest BCUT2D eigenvalue weighted by Crippen LogP contribution is -2.63. The molecular formula is C47H54FN9O6. The smallest absolute Gasteiger partial charge is 0.415 e. The number of piperazine rings is 1. The number of benzene rings is 2. The third-order valence-electron chi connectivity index (χ3n) is 12.7. The zero-order valence-electron chi connectivity index (χ0n) is 36.3. The number of carbonyl (C=O) groups is 4. The van der Waals surface area contributed by atoms with Crippen LogP contribution in [0.4, 0.5) is 37.8 Å². The number of hydrogen-bond donors (Lipinski definition) is 2. The van der Waals surface area contributed by atoms with Crippen molar-refractivity contribution in [2.45, 2.75) is 77.5 Å². The highest BCUT2D eigenvalue weighted by atomic mass is 19.1. The number of ether oxygens (including phenoxy) is 2. The monoisotopic (exact) mass is 859 g/mol. The highest BCUT2D eigenvalue weighted by molar-refractivity contribution is 6.01. The number of piperidine rings is 1. The number of rotatable bonds is 8. The van der Waals surface area contributed by atoms with Gasteiger partial charge in [0, 0.05) is 88.0 Å². The summed E-state index contributed by atoms with van der Waals surface area (Å²) in [6.07, 6.45) is 4.88. The van der Waals surface area contributed by atoms with E-state index < -0.39 is 17.5 Å². The molecule has 2 aromatic carbocycles. The summed E-state index contributed by atoms with van der Waals surface area (Å²) >= 11 is 0. The fraction of sp³-hybridized carbons (Fsp3) is 0.447. The Morgan fingerprint density at radius 2 is 1.70 bits per heavy atom. The summed E-state index contributed by atoms with van der Waals surface area (Å²) < 4.78 is 27.1. The maximum atomic E-state index is 15.5. The minimum Gasteiger partial charge on any atom is -0.474 e. The average Bonchev–Trinajstić information content (AvgIpc) is 3.24. The number of hydrogen-bond acceptors (Lipinski definition) is 12. The Bertz CT molecular complexity index is 2430. The molecule has 2 N–H and O–H groups in total. The number of fused-ring (bicyclic) bond motifs is 2. The van der Waals surface area contributed by atoms with Crippen molar-refractivity contribution in [3.05, 3.63) is 94.6 Å². The fourth-order valence-corrected chi connectivity index (χ4v) is 9.21. The van der Waals surface area contributed by atoms with Gasteiger partial charge in [0.2, 0.25) is 23.6 Å². The van der Waals surface area contributed by atoms with Crippen molar-refractivity contribution in [2.75, 3.05) is 79.0 Å². The maximum Gasteiger partial charge on any atom is 0.415 e. The Morgan fingerprint density at radius 1 is 0.921 bits per heavy atom. The van der Waals surface area contributed by atoms with Gasteiger partial charge in [0.15, 0.2) is 0 Å². The quantitative estimate of drug-likeness (QED) is 0.217. The van der Waals surface area contributed by atoms with Gasteiger partial charge in [0.1, 0.15) is 29.5 Å². The van der Waals surface area contributed by atoms with E-state index in [4.69, 9.17) is 9.47 Å². The maximum absolute atomic E-state index is 15.5. The topological polar surface area (TPSA) is 153 Å². The molecule has 5 aliphatic rings. The molecule has 63 heavy (non-hydrogen) atoms. The summed E-state index contributed by atoms with van der Waals surface area (Å²) in [4.78, 5) is 70.0. The lowest BCUT2D eigenvalue weighted by Gasteiger charge is -2.49. The van der Waals surface area contributed by atoms with Crippen LogP contribution in [-0.4, -0.2) is 114 Å². The van der Waals surface area contributed by atoms with Crippen LogP contribution in [0.5, 0.6) is 5.88 Å². The van der Waals surface area contributed by atoms with Crippen LogP contribution in [0.25, 0.3) is 0 Å². The van der Waals surface area contributed by atoms with Crippen LogP contribution in [0.1, 0.15) is 67.3 Å². The summed E-state index contributed by atoms with van der Waals surface area (Å²) in [5.41, 5.74) is 6.89. The number of carbonyl (C=O) groups excluding carboxylic acids is 4.